The van der Waals surface area contributed by atoms with Crippen molar-refractivity contribution in [3.8, 4) is 0 Å². The molecule has 0 radical (unpaired) electrons. The zero-order valence-corrected chi connectivity index (χ0v) is 15.0. The van der Waals surface area contributed by atoms with Gasteiger partial charge in [0.2, 0.25) is 0 Å². The number of carbonyl (C=O) groups excluding carboxylic acids is 2. The maximum atomic E-state index is 14.0. The summed E-state index contributed by atoms with van der Waals surface area (Å²) < 4.78 is 14.0. The van der Waals surface area contributed by atoms with Crippen LogP contribution in [0.4, 0.5) is 15.0 Å². The highest BCUT2D eigenvalue weighted by molar-refractivity contribution is 6.06. The van der Waals surface area contributed by atoms with Gasteiger partial charge in [-0.05, 0) is 18.4 Å². The predicted octanol–water partition coefficient (Wildman–Crippen LogP) is 2.05. The first-order valence-electron chi connectivity index (χ1n) is 8.87. The van der Waals surface area contributed by atoms with Gasteiger partial charge < -0.3 is 9.80 Å². The topological polar surface area (TPSA) is 69.6 Å². The Balaban J connectivity index is 1.59. The SMILES string of the molecule is CN1C(=O)N(Cc2ccccc2)C2(CCN(c3ncncc3F)CC2)C1=O. The van der Waals surface area contributed by atoms with E-state index >= 15 is 0 Å². The lowest BCUT2D eigenvalue weighted by Crippen LogP contribution is -2.56. The molecule has 1 aromatic carbocycles. The molecular weight excluding hydrogens is 349 g/mol. The molecule has 2 aliphatic heterocycles. The van der Waals surface area contributed by atoms with E-state index in [1.807, 2.05) is 30.3 Å². The summed E-state index contributed by atoms with van der Waals surface area (Å²) in [6, 6.07) is 9.33. The summed E-state index contributed by atoms with van der Waals surface area (Å²) in [5.41, 5.74) is 0.0828. The summed E-state index contributed by atoms with van der Waals surface area (Å²) in [5, 5.41) is 0. The number of rotatable bonds is 3. The van der Waals surface area contributed by atoms with E-state index in [1.165, 1.54) is 18.3 Å². The predicted molar refractivity (Wildman–Crippen MR) is 96.3 cm³/mol. The van der Waals surface area contributed by atoms with Gasteiger partial charge in [-0.2, -0.15) is 0 Å². The van der Waals surface area contributed by atoms with Crippen molar-refractivity contribution in [1.82, 2.24) is 19.8 Å². The summed E-state index contributed by atoms with van der Waals surface area (Å²) in [4.78, 5) is 38.0. The molecule has 7 nitrogen and oxygen atoms in total. The van der Waals surface area contributed by atoms with Gasteiger partial charge in [0.25, 0.3) is 5.91 Å². The first-order valence-corrected chi connectivity index (χ1v) is 8.87. The molecule has 0 bridgehead atoms. The van der Waals surface area contributed by atoms with Gasteiger partial charge in [-0.25, -0.2) is 19.2 Å². The molecule has 2 fully saturated rings. The largest absolute Gasteiger partial charge is 0.354 e. The standard InChI is InChI=1S/C19H20FN5O2/c1-23-17(26)19(25(18(23)27)12-14-5-3-2-4-6-14)7-9-24(10-8-19)16-15(20)11-21-13-22-16/h2-6,11,13H,7-10,12H2,1H3. The van der Waals surface area contributed by atoms with Gasteiger partial charge in [-0.15, -0.1) is 0 Å². The summed E-state index contributed by atoms with van der Waals surface area (Å²) in [5.74, 6) is -0.439. The number of carbonyl (C=O) groups is 2. The van der Waals surface area contributed by atoms with Gasteiger partial charge in [-0.1, -0.05) is 30.3 Å². The molecule has 2 saturated heterocycles. The molecular formula is C19H20FN5O2. The van der Waals surface area contributed by atoms with Crippen LogP contribution < -0.4 is 4.90 Å². The van der Waals surface area contributed by atoms with Crippen molar-refractivity contribution < 1.29 is 14.0 Å². The number of hydrogen-bond acceptors (Lipinski definition) is 5. The van der Waals surface area contributed by atoms with Crippen molar-refractivity contribution in [2.75, 3.05) is 25.0 Å². The molecule has 3 heterocycles. The van der Waals surface area contributed by atoms with Gasteiger partial charge >= 0.3 is 6.03 Å². The third-order valence-electron chi connectivity index (χ3n) is 5.46. The minimum absolute atomic E-state index is 0.189. The average molecular weight is 369 g/mol. The number of imide groups is 1. The Labute approximate surface area is 156 Å². The first kappa shape index (κ1) is 17.4. The molecule has 4 rings (SSSR count). The third kappa shape index (κ3) is 2.81. The molecule has 0 unspecified atom stereocenters. The van der Waals surface area contributed by atoms with Crippen LogP contribution in [0.3, 0.4) is 0 Å². The number of halogens is 1. The van der Waals surface area contributed by atoms with E-state index in [2.05, 4.69) is 9.97 Å². The second kappa shape index (κ2) is 6.61. The van der Waals surface area contributed by atoms with Crippen molar-refractivity contribution >= 4 is 17.8 Å². The summed E-state index contributed by atoms with van der Waals surface area (Å²) in [6.45, 7) is 1.25. The molecule has 140 valence electrons. The molecule has 27 heavy (non-hydrogen) atoms. The average Bonchev–Trinajstić information content (AvgIpc) is 2.86. The molecule has 0 aliphatic carbocycles. The Kier molecular flexibility index (Phi) is 4.25. The Bertz CT molecular complexity index is 867. The molecule has 0 N–H and O–H groups in total. The van der Waals surface area contributed by atoms with Gasteiger partial charge in [0, 0.05) is 26.7 Å². The molecule has 1 aromatic heterocycles. The highest BCUT2D eigenvalue weighted by Crippen LogP contribution is 2.38. The smallest absolute Gasteiger partial charge is 0.327 e. The lowest BCUT2D eigenvalue weighted by molar-refractivity contribution is -0.133. The van der Waals surface area contributed by atoms with Crippen LogP contribution in [0.25, 0.3) is 0 Å². The Morgan fingerprint density at radius 2 is 1.85 bits per heavy atom. The highest BCUT2D eigenvalue weighted by Gasteiger charge is 2.56. The fraction of sp³-hybridized carbons (Fsp3) is 0.368. The molecule has 3 amide bonds. The van der Waals surface area contributed by atoms with E-state index in [1.54, 1.807) is 9.80 Å². The quantitative estimate of drug-likeness (QED) is 0.775. The van der Waals surface area contributed by atoms with Crippen LogP contribution in [0, 0.1) is 5.82 Å². The van der Waals surface area contributed by atoms with Crippen LogP contribution in [0.15, 0.2) is 42.9 Å². The number of hydrogen-bond donors (Lipinski definition) is 0. The lowest BCUT2D eigenvalue weighted by atomic mass is 9.85. The van der Waals surface area contributed by atoms with Crippen molar-refractivity contribution in [3.05, 3.63) is 54.2 Å². The van der Waals surface area contributed by atoms with Crippen molar-refractivity contribution in [2.24, 2.45) is 0 Å². The number of benzene rings is 1. The highest BCUT2D eigenvalue weighted by atomic mass is 19.1. The van der Waals surface area contributed by atoms with Crippen molar-refractivity contribution in [3.63, 3.8) is 0 Å². The van der Waals surface area contributed by atoms with Crippen LogP contribution in [0.1, 0.15) is 18.4 Å². The normalized spacial score (nSPS) is 19.3. The minimum Gasteiger partial charge on any atom is -0.354 e. The molecule has 2 aromatic rings. The van der Waals surface area contributed by atoms with E-state index in [0.717, 1.165) is 11.8 Å². The second-order valence-electron chi connectivity index (χ2n) is 6.93. The van der Waals surface area contributed by atoms with E-state index in [4.69, 9.17) is 0 Å². The maximum Gasteiger partial charge on any atom is 0.327 e. The summed E-state index contributed by atoms with van der Waals surface area (Å²) in [6.07, 6.45) is 3.30. The number of nitrogens with zero attached hydrogens (tertiary/aromatic N) is 5. The Morgan fingerprint density at radius 3 is 2.52 bits per heavy atom. The molecule has 0 atom stereocenters. The monoisotopic (exact) mass is 369 g/mol. The molecule has 1 spiro atoms. The Hall–Kier alpha value is -3.03. The van der Waals surface area contributed by atoms with Crippen LogP contribution >= 0.6 is 0 Å². The van der Waals surface area contributed by atoms with Crippen molar-refractivity contribution in [2.45, 2.75) is 24.9 Å². The molecule has 2 aliphatic rings. The van der Waals surface area contributed by atoms with Crippen molar-refractivity contribution in [1.29, 1.82) is 0 Å². The fourth-order valence-corrected chi connectivity index (χ4v) is 3.97. The number of anilines is 1. The fourth-order valence-electron chi connectivity index (χ4n) is 3.97. The molecule has 0 saturated carbocycles. The first-order chi connectivity index (χ1) is 13.0. The van der Waals surface area contributed by atoms with Crippen LogP contribution in [-0.2, 0) is 11.3 Å². The number of aromatic nitrogens is 2. The maximum absolute atomic E-state index is 14.0. The third-order valence-corrected chi connectivity index (χ3v) is 5.46. The summed E-state index contributed by atoms with van der Waals surface area (Å²) in [7, 11) is 1.52. The van der Waals surface area contributed by atoms with Gasteiger partial charge in [0.1, 0.15) is 11.9 Å². The lowest BCUT2D eigenvalue weighted by Gasteiger charge is -2.42. The summed E-state index contributed by atoms with van der Waals surface area (Å²) >= 11 is 0. The van der Waals surface area contributed by atoms with E-state index in [9.17, 15) is 14.0 Å². The van der Waals surface area contributed by atoms with Crippen LogP contribution in [-0.4, -0.2) is 57.4 Å². The number of amides is 3. The Morgan fingerprint density at radius 1 is 1.15 bits per heavy atom. The number of urea groups is 1. The minimum atomic E-state index is -0.887. The number of likely N-dealkylation sites (N-methyl/N-ethyl adjacent to an activating group) is 1. The zero-order chi connectivity index (χ0) is 19.0. The van der Waals surface area contributed by atoms with Gasteiger partial charge in [-0.3, -0.25) is 9.69 Å². The van der Waals surface area contributed by atoms with Crippen LogP contribution in [0.5, 0.6) is 0 Å². The van der Waals surface area contributed by atoms with Gasteiger partial charge in [0.05, 0.1) is 6.20 Å². The van der Waals surface area contributed by atoms with E-state index < -0.39 is 11.4 Å². The van der Waals surface area contributed by atoms with E-state index in [0.29, 0.717) is 32.5 Å². The van der Waals surface area contributed by atoms with Crippen LogP contribution in [0.2, 0.25) is 0 Å². The number of piperidine rings is 1. The van der Waals surface area contributed by atoms with E-state index in [-0.39, 0.29) is 17.8 Å². The molecule has 8 heteroatoms. The zero-order valence-electron chi connectivity index (χ0n) is 15.0. The second-order valence-corrected chi connectivity index (χ2v) is 6.93. The van der Waals surface area contributed by atoms with Gasteiger partial charge in [0.15, 0.2) is 11.6 Å².